The molecule has 106 valence electrons. The average Bonchev–Trinajstić information content (AvgIpc) is 2.32. The largest absolute Gasteiger partial charge is 0.379 e. The van der Waals surface area contributed by atoms with Crippen LogP contribution in [-0.2, 0) is 4.74 Å². The van der Waals surface area contributed by atoms with Crippen molar-refractivity contribution >= 4 is 39.2 Å². The number of rotatable bonds is 6. The molecule has 0 saturated heterocycles. The molecule has 1 aromatic rings. The Morgan fingerprint density at radius 2 is 2.21 bits per heavy atom. The molecular weight excluding hydrogens is 332 g/mol. The minimum Gasteiger partial charge on any atom is -0.379 e. The van der Waals surface area contributed by atoms with E-state index in [-0.39, 0.29) is 12.1 Å². The summed E-state index contributed by atoms with van der Waals surface area (Å²) in [5, 5.41) is 5.93. The Morgan fingerprint density at radius 3 is 2.84 bits per heavy atom. The number of ether oxygens (including phenoxy) is 1. The van der Waals surface area contributed by atoms with E-state index in [0.29, 0.717) is 23.9 Å². The lowest BCUT2D eigenvalue weighted by molar-refractivity contribution is 0.0775. The maximum atomic E-state index is 11.6. The Morgan fingerprint density at radius 1 is 1.47 bits per heavy atom. The van der Waals surface area contributed by atoms with Crippen LogP contribution in [0.15, 0.2) is 22.7 Å². The summed E-state index contributed by atoms with van der Waals surface area (Å²) in [5.74, 6) is 0. The van der Waals surface area contributed by atoms with E-state index in [1.807, 2.05) is 19.9 Å². The monoisotopic (exact) mass is 348 g/mol. The molecule has 0 unspecified atom stereocenters. The molecule has 0 aliphatic carbocycles. The van der Waals surface area contributed by atoms with Gasteiger partial charge >= 0.3 is 6.03 Å². The first-order valence-electron chi connectivity index (χ1n) is 6.10. The first-order valence-corrected chi connectivity index (χ1v) is 7.27. The van der Waals surface area contributed by atoms with E-state index >= 15 is 0 Å². The van der Waals surface area contributed by atoms with Crippen LogP contribution >= 0.6 is 27.5 Å². The Balaban J connectivity index is 2.27. The summed E-state index contributed by atoms with van der Waals surface area (Å²) < 4.78 is 6.25. The van der Waals surface area contributed by atoms with Gasteiger partial charge in [-0.05, 0) is 38.5 Å². The molecular formula is C13H18BrClN2O2. The molecule has 0 bridgehead atoms. The van der Waals surface area contributed by atoms with Gasteiger partial charge in [0.2, 0.25) is 0 Å². The predicted molar refractivity (Wildman–Crippen MR) is 81.9 cm³/mol. The summed E-state index contributed by atoms with van der Waals surface area (Å²) in [6.07, 6.45) is 0.995. The van der Waals surface area contributed by atoms with Crippen molar-refractivity contribution in [2.45, 2.75) is 26.4 Å². The number of amides is 2. The molecule has 4 nitrogen and oxygen atoms in total. The van der Waals surface area contributed by atoms with Gasteiger partial charge in [-0.25, -0.2) is 4.79 Å². The standard InChI is InChI=1S/C13H18BrClN2O2/c1-9(2)19-7-3-6-16-13(18)17-12-5-4-10(14)8-11(12)15/h4-5,8-9H,3,6-7H2,1-2H3,(H2,16,17,18). The van der Waals surface area contributed by atoms with Crippen molar-refractivity contribution < 1.29 is 9.53 Å². The molecule has 0 aromatic heterocycles. The Kier molecular flexibility index (Phi) is 7.20. The maximum Gasteiger partial charge on any atom is 0.319 e. The van der Waals surface area contributed by atoms with Gasteiger partial charge in [-0.15, -0.1) is 0 Å². The first-order chi connectivity index (χ1) is 8.99. The topological polar surface area (TPSA) is 50.4 Å². The molecule has 0 spiro atoms. The number of carbonyl (C=O) groups excluding carboxylic acids is 1. The molecule has 0 atom stereocenters. The summed E-state index contributed by atoms with van der Waals surface area (Å²) in [6, 6.07) is 5.02. The molecule has 6 heteroatoms. The van der Waals surface area contributed by atoms with E-state index in [9.17, 15) is 4.79 Å². The highest BCUT2D eigenvalue weighted by molar-refractivity contribution is 9.10. The van der Waals surface area contributed by atoms with Crippen molar-refractivity contribution in [3.05, 3.63) is 27.7 Å². The van der Waals surface area contributed by atoms with Crippen LogP contribution in [0.4, 0.5) is 10.5 Å². The number of hydrogen-bond acceptors (Lipinski definition) is 2. The highest BCUT2D eigenvalue weighted by Crippen LogP contribution is 2.25. The fourth-order valence-electron chi connectivity index (χ4n) is 1.35. The molecule has 1 aromatic carbocycles. The van der Waals surface area contributed by atoms with Gasteiger partial charge in [0.15, 0.2) is 0 Å². The highest BCUT2D eigenvalue weighted by Gasteiger charge is 2.05. The predicted octanol–water partition coefficient (Wildman–Crippen LogP) is 4.04. The Hall–Kier alpha value is -0.780. The van der Waals surface area contributed by atoms with Crippen molar-refractivity contribution in [3.8, 4) is 0 Å². The summed E-state index contributed by atoms with van der Waals surface area (Å²) in [4.78, 5) is 11.6. The zero-order valence-electron chi connectivity index (χ0n) is 11.0. The third-order valence-electron chi connectivity index (χ3n) is 2.24. The van der Waals surface area contributed by atoms with Gasteiger partial charge in [0.05, 0.1) is 16.8 Å². The summed E-state index contributed by atoms with van der Waals surface area (Å²) in [5.41, 5.74) is 0.584. The number of benzene rings is 1. The maximum absolute atomic E-state index is 11.6. The number of urea groups is 1. The van der Waals surface area contributed by atoms with Gasteiger partial charge in [0, 0.05) is 17.6 Å². The summed E-state index contributed by atoms with van der Waals surface area (Å²) in [7, 11) is 0. The van der Waals surface area contributed by atoms with Gasteiger partial charge in [-0.3, -0.25) is 0 Å². The van der Waals surface area contributed by atoms with Crippen LogP contribution in [0.3, 0.4) is 0 Å². The average molecular weight is 350 g/mol. The third kappa shape index (κ3) is 6.80. The molecule has 19 heavy (non-hydrogen) atoms. The SMILES string of the molecule is CC(C)OCCCNC(=O)Nc1ccc(Br)cc1Cl. The van der Waals surface area contributed by atoms with Crippen molar-refractivity contribution in [2.75, 3.05) is 18.5 Å². The molecule has 1 rings (SSSR count). The van der Waals surface area contributed by atoms with Crippen LogP contribution in [0.25, 0.3) is 0 Å². The van der Waals surface area contributed by atoms with E-state index in [1.54, 1.807) is 12.1 Å². The number of carbonyl (C=O) groups is 1. The van der Waals surface area contributed by atoms with Gasteiger partial charge < -0.3 is 15.4 Å². The van der Waals surface area contributed by atoms with Gasteiger partial charge in [-0.1, -0.05) is 27.5 Å². The lowest BCUT2D eigenvalue weighted by atomic mass is 10.3. The summed E-state index contributed by atoms with van der Waals surface area (Å²) >= 11 is 9.31. The second-order valence-corrected chi connectivity index (χ2v) is 5.60. The van der Waals surface area contributed by atoms with E-state index < -0.39 is 0 Å². The molecule has 0 fully saturated rings. The minimum atomic E-state index is -0.270. The second kappa shape index (κ2) is 8.40. The molecule has 0 aliphatic heterocycles. The first kappa shape index (κ1) is 16.3. The molecule has 0 saturated carbocycles. The molecule has 2 amide bonds. The van der Waals surface area contributed by atoms with E-state index in [2.05, 4.69) is 26.6 Å². The minimum absolute atomic E-state index is 0.218. The Labute approximate surface area is 127 Å². The molecule has 2 N–H and O–H groups in total. The lowest BCUT2D eigenvalue weighted by Crippen LogP contribution is -2.30. The molecule has 0 radical (unpaired) electrons. The lowest BCUT2D eigenvalue weighted by Gasteiger charge is -2.10. The fraction of sp³-hybridized carbons (Fsp3) is 0.462. The fourth-order valence-corrected chi connectivity index (χ4v) is 2.07. The van der Waals surface area contributed by atoms with Crippen molar-refractivity contribution in [2.24, 2.45) is 0 Å². The van der Waals surface area contributed by atoms with Crippen molar-refractivity contribution in [3.63, 3.8) is 0 Å². The normalized spacial score (nSPS) is 10.6. The van der Waals surface area contributed by atoms with Crippen LogP contribution in [0.2, 0.25) is 5.02 Å². The summed E-state index contributed by atoms with van der Waals surface area (Å²) in [6.45, 7) is 5.16. The number of nitrogens with one attached hydrogen (secondary N) is 2. The highest BCUT2D eigenvalue weighted by atomic mass is 79.9. The van der Waals surface area contributed by atoms with E-state index in [4.69, 9.17) is 16.3 Å². The number of hydrogen-bond donors (Lipinski definition) is 2. The third-order valence-corrected chi connectivity index (χ3v) is 3.04. The van der Waals surface area contributed by atoms with E-state index in [0.717, 1.165) is 10.9 Å². The van der Waals surface area contributed by atoms with Crippen LogP contribution in [0.5, 0.6) is 0 Å². The van der Waals surface area contributed by atoms with Crippen LogP contribution < -0.4 is 10.6 Å². The van der Waals surface area contributed by atoms with Crippen molar-refractivity contribution in [1.29, 1.82) is 0 Å². The van der Waals surface area contributed by atoms with Crippen molar-refractivity contribution in [1.82, 2.24) is 5.32 Å². The number of anilines is 1. The van der Waals surface area contributed by atoms with E-state index in [1.165, 1.54) is 0 Å². The van der Waals surface area contributed by atoms with Gasteiger partial charge in [0.25, 0.3) is 0 Å². The second-order valence-electron chi connectivity index (χ2n) is 4.28. The molecule has 0 aliphatic rings. The van der Waals surface area contributed by atoms with Crippen LogP contribution in [0.1, 0.15) is 20.3 Å². The van der Waals surface area contributed by atoms with Crippen LogP contribution in [0, 0.1) is 0 Å². The van der Waals surface area contributed by atoms with Gasteiger partial charge in [0.1, 0.15) is 0 Å². The smallest absolute Gasteiger partial charge is 0.319 e. The quantitative estimate of drug-likeness (QED) is 0.762. The Bertz CT molecular complexity index is 427. The van der Waals surface area contributed by atoms with Crippen LogP contribution in [-0.4, -0.2) is 25.3 Å². The van der Waals surface area contributed by atoms with Gasteiger partial charge in [-0.2, -0.15) is 0 Å². The number of halogens is 2. The molecule has 0 heterocycles. The zero-order chi connectivity index (χ0) is 14.3. The zero-order valence-corrected chi connectivity index (χ0v) is 13.3.